The number of anilines is 3. The first-order valence-corrected chi connectivity index (χ1v) is 10.00. The number of nitrogens with one attached hydrogen (secondary N) is 2. The van der Waals surface area contributed by atoms with Gasteiger partial charge >= 0.3 is 0 Å². The lowest BCUT2D eigenvalue weighted by atomic mass is 10.1. The lowest BCUT2D eigenvalue weighted by Crippen LogP contribution is -3.12. The Morgan fingerprint density at radius 3 is 2.25 bits per heavy atom. The van der Waals surface area contributed by atoms with Crippen LogP contribution in [0.15, 0.2) is 36.4 Å². The maximum absolute atomic E-state index is 13.3. The van der Waals surface area contributed by atoms with Gasteiger partial charge in [0.2, 0.25) is 5.91 Å². The van der Waals surface area contributed by atoms with Crippen molar-refractivity contribution in [1.29, 1.82) is 0 Å². The molecule has 0 saturated carbocycles. The number of nitro groups is 2. The van der Waals surface area contributed by atoms with Crippen molar-refractivity contribution in [3.05, 3.63) is 62.2 Å². The average molecular weight is 441 g/mol. The van der Waals surface area contributed by atoms with Crippen LogP contribution < -0.4 is 20.0 Å². The highest BCUT2D eigenvalue weighted by Crippen LogP contribution is 2.40. The van der Waals surface area contributed by atoms with E-state index < -0.39 is 33.0 Å². The van der Waals surface area contributed by atoms with E-state index in [-0.39, 0.29) is 17.8 Å². The number of carbonyl (C=O) groups excluding carboxylic acids is 2. The molecule has 166 valence electrons. The van der Waals surface area contributed by atoms with Gasteiger partial charge in [-0.3, -0.25) is 34.7 Å². The third-order valence-corrected chi connectivity index (χ3v) is 5.66. The number of benzene rings is 2. The molecular weight excluding hydrogens is 420 g/mol. The van der Waals surface area contributed by atoms with Gasteiger partial charge in [0.05, 0.1) is 60.0 Å². The molecule has 2 aromatic carbocycles. The van der Waals surface area contributed by atoms with E-state index in [2.05, 4.69) is 5.32 Å². The number of quaternary nitrogens is 1. The second-order valence-corrected chi connectivity index (χ2v) is 7.78. The smallest absolute Gasteiger partial charge is 0.300 e. The zero-order valence-electron chi connectivity index (χ0n) is 17.2. The molecule has 0 radical (unpaired) electrons. The summed E-state index contributed by atoms with van der Waals surface area (Å²) in [5.74, 6) is -1.16. The molecule has 0 aromatic heterocycles. The molecular formula is C20H21N6O6+. The fraction of sp³-hybridized carbons (Fsp3) is 0.300. The number of amides is 2. The van der Waals surface area contributed by atoms with E-state index in [4.69, 9.17) is 0 Å². The number of hydrogen-bond donors (Lipinski definition) is 2. The summed E-state index contributed by atoms with van der Waals surface area (Å²) in [4.78, 5) is 51.7. The van der Waals surface area contributed by atoms with E-state index in [1.54, 1.807) is 29.2 Å². The summed E-state index contributed by atoms with van der Waals surface area (Å²) in [5.41, 5.74) is -0.503. The fourth-order valence-electron chi connectivity index (χ4n) is 4.01. The van der Waals surface area contributed by atoms with Crippen LogP contribution in [0.1, 0.15) is 10.4 Å². The SMILES string of the molecule is C[NH+]1CCN(c2c([N+](=O)[O-])cc(C(=O)N3CC(=O)Nc4ccccc43)cc2[N+](=O)[O-])CC1. The van der Waals surface area contributed by atoms with Crippen molar-refractivity contribution in [1.82, 2.24) is 0 Å². The molecule has 2 aliphatic rings. The minimum absolute atomic E-state index is 0.0964. The first kappa shape index (κ1) is 21.2. The van der Waals surface area contributed by atoms with Gasteiger partial charge in [-0.05, 0) is 12.1 Å². The third kappa shape index (κ3) is 3.83. The number of hydrogen-bond acceptors (Lipinski definition) is 7. The van der Waals surface area contributed by atoms with Crippen molar-refractivity contribution in [2.24, 2.45) is 0 Å². The Morgan fingerprint density at radius 2 is 1.66 bits per heavy atom. The first-order valence-electron chi connectivity index (χ1n) is 10.00. The molecule has 1 fully saturated rings. The first-order chi connectivity index (χ1) is 15.3. The van der Waals surface area contributed by atoms with Crippen LogP contribution in [0.25, 0.3) is 0 Å². The van der Waals surface area contributed by atoms with Crippen LogP contribution >= 0.6 is 0 Å². The number of carbonyl (C=O) groups is 2. The van der Waals surface area contributed by atoms with Crippen LogP contribution in [-0.2, 0) is 4.79 Å². The zero-order chi connectivity index (χ0) is 23.0. The van der Waals surface area contributed by atoms with Crippen molar-refractivity contribution in [3.8, 4) is 0 Å². The highest BCUT2D eigenvalue weighted by atomic mass is 16.6. The van der Waals surface area contributed by atoms with E-state index in [0.717, 1.165) is 17.0 Å². The Bertz CT molecular complexity index is 1090. The van der Waals surface area contributed by atoms with Gasteiger partial charge < -0.3 is 15.1 Å². The number of nitro benzene ring substituents is 2. The van der Waals surface area contributed by atoms with Crippen molar-refractivity contribution < 1.29 is 24.3 Å². The van der Waals surface area contributed by atoms with E-state index >= 15 is 0 Å². The van der Waals surface area contributed by atoms with E-state index in [1.807, 2.05) is 7.05 Å². The molecule has 2 aromatic rings. The van der Waals surface area contributed by atoms with E-state index in [1.165, 1.54) is 4.90 Å². The maximum Gasteiger partial charge on any atom is 0.300 e. The molecule has 4 rings (SSSR count). The largest absolute Gasteiger partial charge is 0.349 e. The van der Waals surface area contributed by atoms with Crippen LogP contribution in [0.5, 0.6) is 0 Å². The van der Waals surface area contributed by atoms with Crippen molar-refractivity contribution in [3.63, 3.8) is 0 Å². The van der Waals surface area contributed by atoms with Crippen LogP contribution in [0.3, 0.4) is 0 Å². The molecule has 2 heterocycles. The zero-order valence-corrected chi connectivity index (χ0v) is 17.2. The van der Waals surface area contributed by atoms with Crippen molar-refractivity contribution >= 4 is 40.3 Å². The molecule has 32 heavy (non-hydrogen) atoms. The lowest BCUT2D eigenvalue weighted by molar-refractivity contribution is -0.880. The van der Waals surface area contributed by atoms with Gasteiger partial charge in [-0.15, -0.1) is 0 Å². The Kier molecular flexibility index (Phi) is 5.45. The molecule has 0 atom stereocenters. The van der Waals surface area contributed by atoms with Crippen molar-refractivity contribution in [2.75, 3.05) is 54.9 Å². The number of rotatable bonds is 4. The number of likely N-dealkylation sites (N-methyl/N-ethyl adjacent to an activating group) is 1. The molecule has 0 aliphatic carbocycles. The topological polar surface area (TPSA) is 143 Å². The number of fused-ring (bicyclic) bond motifs is 1. The Hall–Kier alpha value is -4.06. The summed E-state index contributed by atoms with van der Waals surface area (Å²) in [5, 5.41) is 26.4. The fourth-order valence-corrected chi connectivity index (χ4v) is 4.01. The average Bonchev–Trinajstić information content (AvgIpc) is 2.77. The quantitative estimate of drug-likeness (QED) is 0.517. The minimum Gasteiger partial charge on any atom is -0.349 e. The number of piperazine rings is 1. The number of nitrogens with zero attached hydrogens (tertiary/aromatic N) is 4. The third-order valence-electron chi connectivity index (χ3n) is 5.66. The highest BCUT2D eigenvalue weighted by molar-refractivity contribution is 6.15. The minimum atomic E-state index is -0.729. The van der Waals surface area contributed by atoms with Crippen LogP contribution in [0, 0.1) is 20.2 Å². The monoisotopic (exact) mass is 441 g/mol. The van der Waals surface area contributed by atoms with Gasteiger partial charge in [0, 0.05) is 12.1 Å². The maximum atomic E-state index is 13.3. The predicted molar refractivity (Wildman–Crippen MR) is 115 cm³/mol. The molecule has 1 saturated heterocycles. The van der Waals surface area contributed by atoms with Crippen LogP contribution in [-0.4, -0.2) is 61.4 Å². The molecule has 12 heteroatoms. The van der Waals surface area contributed by atoms with Gasteiger partial charge in [-0.2, -0.15) is 0 Å². The number of para-hydroxylation sites is 2. The summed E-state index contributed by atoms with van der Waals surface area (Å²) in [7, 11) is 1.98. The van der Waals surface area contributed by atoms with Gasteiger partial charge in [-0.25, -0.2) is 0 Å². The molecule has 12 nitrogen and oxygen atoms in total. The predicted octanol–water partition coefficient (Wildman–Crippen LogP) is 0.437. The van der Waals surface area contributed by atoms with Gasteiger partial charge in [0.25, 0.3) is 17.3 Å². The summed E-state index contributed by atoms with van der Waals surface area (Å²) in [6.45, 7) is 1.88. The van der Waals surface area contributed by atoms with Gasteiger partial charge in [-0.1, -0.05) is 12.1 Å². The summed E-state index contributed by atoms with van der Waals surface area (Å²) >= 11 is 0. The lowest BCUT2D eigenvalue weighted by Gasteiger charge is -2.31. The molecule has 0 unspecified atom stereocenters. The van der Waals surface area contributed by atoms with Gasteiger partial charge in [0.1, 0.15) is 6.54 Å². The normalized spacial score (nSPS) is 16.3. The second kappa shape index (κ2) is 8.23. The summed E-state index contributed by atoms with van der Waals surface area (Å²) < 4.78 is 0. The second-order valence-electron chi connectivity index (χ2n) is 7.78. The highest BCUT2D eigenvalue weighted by Gasteiger charge is 2.36. The van der Waals surface area contributed by atoms with Crippen LogP contribution in [0.2, 0.25) is 0 Å². The molecule has 0 bridgehead atoms. The molecule has 2 amide bonds. The van der Waals surface area contributed by atoms with Crippen LogP contribution in [0.4, 0.5) is 28.4 Å². The Labute approximate surface area is 182 Å². The van der Waals surface area contributed by atoms with Crippen molar-refractivity contribution in [2.45, 2.75) is 0 Å². The Morgan fingerprint density at radius 1 is 1.06 bits per heavy atom. The van der Waals surface area contributed by atoms with Gasteiger partial charge in [0.15, 0.2) is 5.69 Å². The summed E-state index contributed by atoms with van der Waals surface area (Å²) in [6, 6.07) is 8.73. The molecule has 2 N–H and O–H groups in total. The van der Waals surface area contributed by atoms with E-state index in [9.17, 15) is 29.8 Å². The standard InChI is InChI=1S/C20H20N6O6/c1-22-6-8-23(9-7-22)19-16(25(29)30)10-13(11-17(19)26(31)32)20(28)24-12-18(27)21-14-4-2-3-5-15(14)24/h2-5,10-11H,6-9,12H2,1H3,(H,21,27)/p+1. The Balaban J connectivity index is 1.81. The molecule has 0 spiro atoms. The summed E-state index contributed by atoms with van der Waals surface area (Å²) in [6.07, 6.45) is 0. The molecule has 2 aliphatic heterocycles. The van der Waals surface area contributed by atoms with E-state index in [0.29, 0.717) is 37.6 Å².